The SMILES string of the molecule is CC[C@H](C(=O)N[C@H](C)c1cc(C)ccc1C)N(c1cccc([N+](=O)[O-])c1)S(C)(=O)=O. The van der Waals surface area contributed by atoms with Gasteiger partial charge < -0.3 is 5.32 Å². The summed E-state index contributed by atoms with van der Waals surface area (Å²) in [4.78, 5) is 23.6. The lowest BCUT2D eigenvalue weighted by molar-refractivity contribution is -0.384. The molecule has 2 aromatic rings. The molecule has 0 saturated heterocycles. The smallest absolute Gasteiger partial charge is 0.271 e. The molecule has 162 valence electrons. The van der Waals surface area contributed by atoms with E-state index in [9.17, 15) is 23.3 Å². The Morgan fingerprint density at radius 3 is 2.43 bits per heavy atom. The molecular weight excluding hydrogens is 406 g/mol. The first-order valence-electron chi connectivity index (χ1n) is 9.57. The molecule has 0 aromatic heterocycles. The highest BCUT2D eigenvalue weighted by Crippen LogP contribution is 2.27. The predicted molar refractivity (Wildman–Crippen MR) is 117 cm³/mol. The van der Waals surface area contributed by atoms with Crippen LogP contribution in [0.2, 0.25) is 0 Å². The van der Waals surface area contributed by atoms with Gasteiger partial charge in [-0.1, -0.05) is 36.8 Å². The molecule has 0 aliphatic heterocycles. The number of amides is 1. The highest BCUT2D eigenvalue weighted by Gasteiger charge is 2.33. The van der Waals surface area contributed by atoms with E-state index in [0.717, 1.165) is 33.3 Å². The molecule has 0 unspecified atom stereocenters. The van der Waals surface area contributed by atoms with Crippen LogP contribution < -0.4 is 9.62 Å². The Labute approximate surface area is 177 Å². The molecule has 0 radical (unpaired) electrons. The van der Waals surface area contributed by atoms with Crippen LogP contribution in [0.3, 0.4) is 0 Å². The van der Waals surface area contributed by atoms with E-state index in [1.165, 1.54) is 18.2 Å². The van der Waals surface area contributed by atoms with Crippen molar-refractivity contribution < 1.29 is 18.1 Å². The van der Waals surface area contributed by atoms with Crippen molar-refractivity contribution in [1.82, 2.24) is 5.32 Å². The highest BCUT2D eigenvalue weighted by molar-refractivity contribution is 7.92. The number of nitrogens with zero attached hydrogens (tertiary/aromatic N) is 2. The molecule has 0 saturated carbocycles. The number of carbonyl (C=O) groups excluding carboxylic acids is 1. The van der Waals surface area contributed by atoms with Gasteiger partial charge in [0.05, 0.1) is 22.9 Å². The molecule has 0 aliphatic carbocycles. The van der Waals surface area contributed by atoms with Crippen LogP contribution in [0.15, 0.2) is 42.5 Å². The number of nitro groups is 1. The topological polar surface area (TPSA) is 110 Å². The van der Waals surface area contributed by atoms with Crippen molar-refractivity contribution in [2.75, 3.05) is 10.6 Å². The second-order valence-corrected chi connectivity index (χ2v) is 9.21. The fourth-order valence-electron chi connectivity index (χ4n) is 3.42. The number of rotatable bonds is 8. The number of sulfonamides is 1. The first kappa shape index (κ1) is 23.3. The summed E-state index contributed by atoms with van der Waals surface area (Å²) in [7, 11) is -3.88. The number of hydrogen-bond donors (Lipinski definition) is 1. The van der Waals surface area contributed by atoms with Gasteiger partial charge >= 0.3 is 0 Å². The normalized spacial score (nSPS) is 13.4. The van der Waals surface area contributed by atoms with Crippen LogP contribution in [0.4, 0.5) is 11.4 Å². The molecule has 8 nitrogen and oxygen atoms in total. The molecule has 0 aliphatic rings. The minimum atomic E-state index is -3.88. The van der Waals surface area contributed by atoms with Gasteiger partial charge in [0.1, 0.15) is 6.04 Å². The maximum Gasteiger partial charge on any atom is 0.271 e. The van der Waals surface area contributed by atoms with Crippen LogP contribution in [-0.2, 0) is 14.8 Å². The number of nitrogens with one attached hydrogen (secondary N) is 1. The third-order valence-electron chi connectivity index (χ3n) is 4.88. The van der Waals surface area contributed by atoms with Crippen LogP contribution in [-0.4, -0.2) is 31.5 Å². The molecule has 9 heteroatoms. The van der Waals surface area contributed by atoms with Crippen molar-refractivity contribution in [2.45, 2.75) is 46.2 Å². The fraction of sp³-hybridized carbons (Fsp3) is 0.381. The van der Waals surface area contributed by atoms with Gasteiger partial charge in [0.15, 0.2) is 0 Å². The van der Waals surface area contributed by atoms with E-state index in [4.69, 9.17) is 0 Å². The van der Waals surface area contributed by atoms with Crippen molar-refractivity contribution in [1.29, 1.82) is 0 Å². The van der Waals surface area contributed by atoms with Crippen LogP contribution >= 0.6 is 0 Å². The van der Waals surface area contributed by atoms with Crippen molar-refractivity contribution >= 4 is 27.3 Å². The van der Waals surface area contributed by atoms with Gasteiger partial charge in [-0.2, -0.15) is 0 Å². The van der Waals surface area contributed by atoms with Crippen molar-refractivity contribution in [3.8, 4) is 0 Å². The molecule has 2 aromatic carbocycles. The summed E-state index contributed by atoms with van der Waals surface area (Å²) in [5.41, 5.74) is 2.84. The molecule has 1 N–H and O–H groups in total. The third-order valence-corrected chi connectivity index (χ3v) is 6.06. The Morgan fingerprint density at radius 2 is 1.87 bits per heavy atom. The van der Waals surface area contributed by atoms with Gasteiger partial charge in [-0.05, 0) is 44.4 Å². The second kappa shape index (κ2) is 9.25. The number of carbonyl (C=O) groups is 1. The third kappa shape index (κ3) is 5.35. The Morgan fingerprint density at radius 1 is 1.20 bits per heavy atom. The fourth-order valence-corrected chi connectivity index (χ4v) is 4.62. The van der Waals surface area contributed by atoms with E-state index in [1.807, 2.05) is 39.0 Å². The van der Waals surface area contributed by atoms with E-state index in [0.29, 0.717) is 0 Å². The summed E-state index contributed by atoms with van der Waals surface area (Å²) in [6.45, 7) is 7.44. The maximum absolute atomic E-state index is 13.1. The number of benzene rings is 2. The Hall–Kier alpha value is -2.94. The van der Waals surface area contributed by atoms with Crippen LogP contribution in [0, 0.1) is 24.0 Å². The van der Waals surface area contributed by atoms with E-state index >= 15 is 0 Å². The van der Waals surface area contributed by atoms with Gasteiger partial charge in [0.25, 0.3) is 5.69 Å². The molecular formula is C21H27N3O5S. The lowest BCUT2D eigenvalue weighted by atomic mass is 9.99. The zero-order chi connectivity index (χ0) is 22.6. The largest absolute Gasteiger partial charge is 0.348 e. The molecule has 0 spiro atoms. The Bertz CT molecular complexity index is 1050. The monoisotopic (exact) mass is 433 g/mol. The summed E-state index contributed by atoms with van der Waals surface area (Å²) in [6, 6.07) is 9.82. The predicted octanol–water partition coefficient (Wildman–Crippen LogP) is 3.63. The molecule has 1 amide bonds. The van der Waals surface area contributed by atoms with Crippen molar-refractivity contribution in [2.24, 2.45) is 0 Å². The summed E-state index contributed by atoms with van der Waals surface area (Å²) >= 11 is 0. The van der Waals surface area contributed by atoms with Gasteiger partial charge in [0, 0.05) is 12.1 Å². The summed E-state index contributed by atoms with van der Waals surface area (Å²) < 4.78 is 26.0. The standard InChI is InChI=1S/C21H27N3O5S/c1-6-20(21(25)22-16(4)19-12-14(2)10-11-15(19)3)23(30(5,28)29)17-8-7-9-18(13-17)24(26)27/h7-13,16,20H,6H2,1-5H3,(H,22,25)/t16-,20-/m1/s1. The zero-order valence-corrected chi connectivity index (χ0v) is 18.6. The lowest BCUT2D eigenvalue weighted by Gasteiger charge is -2.31. The van der Waals surface area contributed by atoms with E-state index < -0.39 is 26.9 Å². The summed E-state index contributed by atoms with van der Waals surface area (Å²) in [5, 5.41) is 14.0. The van der Waals surface area contributed by atoms with Crippen molar-refractivity contribution in [3.63, 3.8) is 0 Å². The summed E-state index contributed by atoms with van der Waals surface area (Å²) in [5.74, 6) is -0.470. The van der Waals surface area contributed by atoms with Gasteiger partial charge in [-0.25, -0.2) is 8.42 Å². The quantitative estimate of drug-likeness (QED) is 0.505. The average molecular weight is 434 g/mol. The number of nitro benzene ring substituents is 1. The first-order chi connectivity index (χ1) is 14.0. The van der Waals surface area contributed by atoms with Crippen LogP contribution in [0.5, 0.6) is 0 Å². The Kier molecular flexibility index (Phi) is 7.20. The number of anilines is 1. The van der Waals surface area contributed by atoms with E-state index in [2.05, 4.69) is 5.32 Å². The zero-order valence-electron chi connectivity index (χ0n) is 17.7. The Balaban J connectivity index is 2.40. The maximum atomic E-state index is 13.1. The van der Waals surface area contributed by atoms with Crippen molar-refractivity contribution in [3.05, 3.63) is 69.3 Å². The molecule has 2 atom stereocenters. The van der Waals surface area contributed by atoms with E-state index in [1.54, 1.807) is 6.92 Å². The van der Waals surface area contributed by atoms with Crippen LogP contribution in [0.25, 0.3) is 0 Å². The number of aryl methyl sites for hydroxylation is 2. The average Bonchev–Trinajstić information content (AvgIpc) is 2.66. The van der Waals surface area contributed by atoms with Gasteiger partial charge in [-0.15, -0.1) is 0 Å². The minimum Gasteiger partial charge on any atom is -0.348 e. The molecule has 0 bridgehead atoms. The number of non-ortho nitro benzene ring substituents is 1. The van der Waals surface area contributed by atoms with Gasteiger partial charge in [-0.3, -0.25) is 19.2 Å². The highest BCUT2D eigenvalue weighted by atomic mass is 32.2. The van der Waals surface area contributed by atoms with E-state index in [-0.39, 0.29) is 23.8 Å². The summed E-state index contributed by atoms with van der Waals surface area (Å²) in [6.07, 6.45) is 1.18. The molecule has 0 heterocycles. The molecule has 0 fully saturated rings. The van der Waals surface area contributed by atoms with Gasteiger partial charge in [0.2, 0.25) is 15.9 Å². The molecule has 30 heavy (non-hydrogen) atoms. The first-order valence-corrected chi connectivity index (χ1v) is 11.4. The van der Waals surface area contributed by atoms with Crippen LogP contribution in [0.1, 0.15) is 43.0 Å². The lowest BCUT2D eigenvalue weighted by Crippen LogP contribution is -2.49. The number of hydrogen-bond acceptors (Lipinski definition) is 5. The second-order valence-electron chi connectivity index (χ2n) is 7.35. The minimum absolute atomic E-state index is 0.0769. The molecule has 2 rings (SSSR count).